The Morgan fingerprint density at radius 2 is 1.50 bits per heavy atom. The maximum atomic E-state index is 4.84. The van der Waals surface area contributed by atoms with Crippen molar-refractivity contribution in [1.29, 1.82) is 0 Å². The van der Waals surface area contributed by atoms with Gasteiger partial charge < -0.3 is 0 Å². The second-order valence-corrected chi connectivity index (χ2v) is 4.68. The standard InChI is InChI=1S/C3H9GeO2/c1-4(5-2)6-3/h1-3H3. The van der Waals surface area contributed by atoms with Crippen molar-refractivity contribution in [1.82, 2.24) is 0 Å². The van der Waals surface area contributed by atoms with E-state index in [0.717, 1.165) is 0 Å². The molecule has 0 atom stereocenters. The molecule has 3 heteroatoms. The minimum atomic E-state index is -1.38. The summed E-state index contributed by atoms with van der Waals surface area (Å²) < 4.78 is 9.69. The van der Waals surface area contributed by atoms with Gasteiger partial charge in [0.15, 0.2) is 0 Å². The molecule has 0 aromatic heterocycles. The molecule has 0 saturated carbocycles. The van der Waals surface area contributed by atoms with E-state index in [0.29, 0.717) is 0 Å². The van der Waals surface area contributed by atoms with Crippen LogP contribution >= 0.6 is 0 Å². The minimum absolute atomic E-state index is 1.38. The van der Waals surface area contributed by atoms with Crippen LogP contribution in [0.5, 0.6) is 0 Å². The predicted octanol–water partition coefficient (Wildman–Crippen LogP) is 0.397. The summed E-state index contributed by atoms with van der Waals surface area (Å²) in [6, 6.07) is 0. The summed E-state index contributed by atoms with van der Waals surface area (Å²) in [5.74, 6) is 2.00. The van der Waals surface area contributed by atoms with Crippen molar-refractivity contribution in [2.75, 3.05) is 14.2 Å². The van der Waals surface area contributed by atoms with Gasteiger partial charge in [0, 0.05) is 0 Å². The average Bonchev–Trinajstić information content (AvgIpc) is 1.65. The van der Waals surface area contributed by atoms with E-state index < -0.39 is 15.0 Å². The molecule has 0 aliphatic heterocycles. The van der Waals surface area contributed by atoms with Gasteiger partial charge in [0.2, 0.25) is 0 Å². The zero-order valence-corrected chi connectivity index (χ0v) is 6.41. The quantitative estimate of drug-likeness (QED) is 0.530. The average molecular weight is 150 g/mol. The molecule has 1 radical (unpaired) electrons. The van der Waals surface area contributed by atoms with E-state index in [-0.39, 0.29) is 0 Å². The van der Waals surface area contributed by atoms with Crippen LogP contribution < -0.4 is 0 Å². The molecule has 0 aliphatic carbocycles. The van der Waals surface area contributed by atoms with Crippen molar-refractivity contribution in [2.45, 2.75) is 5.76 Å². The molecule has 0 fully saturated rings. The second kappa shape index (κ2) is 3.65. The van der Waals surface area contributed by atoms with Crippen molar-refractivity contribution < 1.29 is 7.53 Å². The molecule has 6 heavy (non-hydrogen) atoms. The van der Waals surface area contributed by atoms with Crippen LogP contribution in [0.1, 0.15) is 0 Å². The Morgan fingerprint density at radius 3 is 1.50 bits per heavy atom. The topological polar surface area (TPSA) is 18.5 Å². The van der Waals surface area contributed by atoms with Gasteiger partial charge in [0.05, 0.1) is 0 Å². The van der Waals surface area contributed by atoms with Gasteiger partial charge in [-0.2, -0.15) is 0 Å². The van der Waals surface area contributed by atoms with Crippen LogP contribution in [-0.2, 0) is 7.53 Å². The molecular weight excluding hydrogens is 141 g/mol. The molecule has 2 nitrogen and oxygen atoms in total. The molecule has 0 aliphatic rings. The van der Waals surface area contributed by atoms with Crippen LogP contribution in [0.2, 0.25) is 5.76 Å². The fourth-order valence-electron chi connectivity index (χ4n) is 0.0833. The van der Waals surface area contributed by atoms with Crippen LogP contribution in [0, 0.1) is 0 Å². The second-order valence-electron chi connectivity index (χ2n) is 0.900. The molecule has 0 rings (SSSR count). The van der Waals surface area contributed by atoms with E-state index in [1.807, 2.05) is 5.76 Å². The van der Waals surface area contributed by atoms with Gasteiger partial charge in [-0.25, -0.2) is 0 Å². The van der Waals surface area contributed by atoms with Crippen LogP contribution in [0.25, 0.3) is 0 Å². The summed E-state index contributed by atoms with van der Waals surface area (Å²) in [5.41, 5.74) is 0. The molecular formula is C3H9GeO2. The van der Waals surface area contributed by atoms with Crippen molar-refractivity contribution >= 4 is 15.0 Å². The Balaban J connectivity index is 2.75. The molecule has 0 amide bonds. The van der Waals surface area contributed by atoms with E-state index in [1.165, 1.54) is 0 Å². The fourth-order valence-corrected chi connectivity index (χ4v) is 0.433. The fraction of sp³-hybridized carbons (Fsp3) is 1.00. The van der Waals surface area contributed by atoms with Gasteiger partial charge in [-0.05, 0) is 0 Å². The molecule has 0 heterocycles. The van der Waals surface area contributed by atoms with Crippen molar-refractivity contribution in [3.8, 4) is 0 Å². The molecule has 0 aromatic rings. The van der Waals surface area contributed by atoms with Gasteiger partial charge in [0.25, 0.3) is 0 Å². The summed E-state index contributed by atoms with van der Waals surface area (Å²) in [6.07, 6.45) is 0. The Labute approximate surface area is 43.2 Å². The number of hydrogen-bond acceptors (Lipinski definition) is 2. The SMILES string of the molecule is C[O][Ge]([CH3])[O]C. The van der Waals surface area contributed by atoms with Gasteiger partial charge in [-0.3, -0.25) is 0 Å². The summed E-state index contributed by atoms with van der Waals surface area (Å²) in [4.78, 5) is 0. The number of rotatable bonds is 2. The van der Waals surface area contributed by atoms with E-state index in [1.54, 1.807) is 14.2 Å². The maximum absolute atomic E-state index is 4.84. The number of hydrogen-bond donors (Lipinski definition) is 0. The van der Waals surface area contributed by atoms with Crippen LogP contribution in [0.3, 0.4) is 0 Å². The monoisotopic (exact) mass is 151 g/mol. The van der Waals surface area contributed by atoms with Gasteiger partial charge in [0.1, 0.15) is 0 Å². The molecule has 0 saturated heterocycles. The first kappa shape index (κ1) is 6.46. The third-order valence-corrected chi connectivity index (χ3v) is 2.99. The zero-order chi connectivity index (χ0) is 4.99. The van der Waals surface area contributed by atoms with Crippen LogP contribution in [0.15, 0.2) is 0 Å². The van der Waals surface area contributed by atoms with Gasteiger partial charge >= 0.3 is 42.5 Å². The van der Waals surface area contributed by atoms with Crippen LogP contribution in [-0.4, -0.2) is 29.2 Å². The molecule has 37 valence electrons. The first-order valence-corrected chi connectivity index (χ1v) is 5.54. The predicted molar refractivity (Wildman–Crippen MR) is 25.6 cm³/mol. The first-order valence-electron chi connectivity index (χ1n) is 1.72. The van der Waals surface area contributed by atoms with Gasteiger partial charge in [-0.15, -0.1) is 0 Å². The Morgan fingerprint density at radius 1 is 1.17 bits per heavy atom. The van der Waals surface area contributed by atoms with Crippen molar-refractivity contribution in [2.24, 2.45) is 0 Å². The third-order valence-electron chi connectivity index (χ3n) is 0.575. The van der Waals surface area contributed by atoms with E-state index >= 15 is 0 Å². The van der Waals surface area contributed by atoms with E-state index in [9.17, 15) is 0 Å². The molecule has 0 N–H and O–H groups in total. The molecule has 0 aromatic carbocycles. The first-order chi connectivity index (χ1) is 2.81. The molecule has 0 unspecified atom stereocenters. The van der Waals surface area contributed by atoms with Crippen molar-refractivity contribution in [3.63, 3.8) is 0 Å². The normalized spacial score (nSPS) is 10.0. The molecule has 0 spiro atoms. The Hall–Kier alpha value is 0.463. The summed E-state index contributed by atoms with van der Waals surface area (Å²) in [7, 11) is 3.36. The third kappa shape index (κ3) is 2.69. The van der Waals surface area contributed by atoms with E-state index in [4.69, 9.17) is 7.53 Å². The summed E-state index contributed by atoms with van der Waals surface area (Å²) >= 11 is -1.38. The molecule has 0 bridgehead atoms. The van der Waals surface area contributed by atoms with E-state index in [2.05, 4.69) is 0 Å². The van der Waals surface area contributed by atoms with Crippen LogP contribution in [0.4, 0.5) is 0 Å². The van der Waals surface area contributed by atoms with Crippen molar-refractivity contribution in [3.05, 3.63) is 0 Å². The summed E-state index contributed by atoms with van der Waals surface area (Å²) in [6.45, 7) is 0. The Kier molecular flexibility index (Phi) is 3.93. The zero-order valence-electron chi connectivity index (χ0n) is 4.32. The summed E-state index contributed by atoms with van der Waals surface area (Å²) in [5, 5.41) is 0. The van der Waals surface area contributed by atoms with Gasteiger partial charge in [-0.1, -0.05) is 0 Å². The Bertz CT molecular complexity index is 28.0.